The molecule has 0 atom stereocenters. The van der Waals surface area contributed by atoms with Crippen LogP contribution < -0.4 is 10.1 Å². The second-order valence-electron chi connectivity index (χ2n) is 3.55. The second-order valence-corrected chi connectivity index (χ2v) is 3.55. The van der Waals surface area contributed by atoms with E-state index in [0.29, 0.717) is 19.8 Å². The van der Waals surface area contributed by atoms with E-state index in [4.69, 9.17) is 14.6 Å². The molecule has 18 heavy (non-hydrogen) atoms. The topological polar surface area (TPSA) is 50.7 Å². The van der Waals surface area contributed by atoms with Gasteiger partial charge in [-0.25, -0.2) is 0 Å². The molecule has 0 bridgehead atoms. The predicted octanol–water partition coefficient (Wildman–Crippen LogP) is 1.61. The van der Waals surface area contributed by atoms with Crippen molar-refractivity contribution in [3.8, 4) is 5.75 Å². The van der Waals surface area contributed by atoms with Gasteiger partial charge >= 0.3 is 0 Å². The number of benzene rings is 1. The number of hydrogen-bond acceptors (Lipinski definition) is 4. The second kappa shape index (κ2) is 11.3. The molecule has 0 unspecified atom stereocenters. The molecular weight excluding hydrogens is 254 g/mol. The van der Waals surface area contributed by atoms with Crippen molar-refractivity contribution in [1.82, 2.24) is 5.32 Å². The number of rotatable bonds is 9. The fourth-order valence-corrected chi connectivity index (χ4v) is 1.48. The van der Waals surface area contributed by atoms with E-state index in [9.17, 15) is 0 Å². The summed E-state index contributed by atoms with van der Waals surface area (Å²) in [5.74, 6) is 0.929. The monoisotopic (exact) mass is 275 g/mol. The van der Waals surface area contributed by atoms with Gasteiger partial charge in [-0.1, -0.05) is 18.2 Å². The molecule has 0 amide bonds. The zero-order valence-corrected chi connectivity index (χ0v) is 11.5. The summed E-state index contributed by atoms with van der Waals surface area (Å²) in [4.78, 5) is 0. The Hall–Kier alpha value is -0.810. The Bertz CT molecular complexity index is 310. The van der Waals surface area contributed by atoms with Crippen molar-refractivity contribution in [3.05, 3.63) is 29.8 Å². The van der Waals surface area contributed by atoms with Gasteiger partial charge in [-0.15, -0.1) is 12.4 Å². The van der Waals surface area contributed by atoms with Crippen LogP contribution >= 0.6 is 12.4 Å². The van der Waals surface area contributed by atoms with Gasteiger partial charge in [0.2, 0.25) is 0 Å². The molecule has 5 heteroatoms. The maximum Gasteiger partial charge on any atom is 0.123 e. The van der Waals surface area contributed by atoms with Gasteiger partial charge in [0, 0.05) is 18.7 Å². The van der Waals surface area contributed by atoms with E-state index in [1.807, 2.05) is 31.2 Å². The molecule has 0 aliphatic heterocycles. The van der Waals surface area contributed by atoms with E-state index in [0.717, 1.165) is 24.4 Å². The molecule has 0 fully saturated rings. The third-order valence-corrected chi connectivity index (χ3v) is 2.25. The molecule has 0 spiro atoms. The molecule has 0 aromatic heterocycles. The Balaban J connectivity index is 0.00000289. The fourth-order valence-electron chi connectivity index (χ4n) is 1.48. The van der Waals surface area contributed by atoms with E-state index < -0.39 is 0 Å². The van der Waals surface area contributed by atoms with Crippen molar-refractivity contribution < 1.29 is 14.6 Å². The molecule has 0 heterocycles. The lowest BCUT2D eigenvalue weighted by atomic mass is 10.2. The van der Waals surface area contributed by atoms with Gasteiger partial charge in [-0.3, -0.25) is 0 Å². The normalized spacial score (nSPS) is 9.89. The number of aliphatic hydroxyl groups excluding tert-OH is 1. The van der Waals surface area contributed by atoms with Crippen LogP contribution in [0.15, 0.2) is 24.3 Å². The molecule has 1 aromatic rings. The van der Waals surface area contributed by atoms with Crippen molar-refractivity contribution in [1.29, 1.82) is 0 Å². The molecule has 104 valence electrons. The summed E-state index contributed by atoms with van der Waals surface area (Å²) in [5, 5.41) is 11.8. The lowest BCUT2D eigenvalue weighted by Crippen LogP contribution is -2.20. The first-order valence-corrected chi connectivity index (χ1v) is 5.98. The van der Waals surface area contributed by atoms with Crippen molar-refractivity contribution in [2.24, 2.45) is 0 Å². The minimum absolute atomic E-state index is 0. The first-order chi connectivity index (χ1) is 8.38. The van der Waals surface area contributed by atoms with Crippen molar-refractivity contribution in [2.45, 2.75) is 13.5 Å². The Morgan fingerprint density at radius 3 is 2.72 bits per heavy atom. The highest BCUT2D eigenvalue weighted by molar-refractivity contribution is 5.85. The summed E-state index contributed by atoms with van der Waals surface area (Å²) < 4.78 is 10.7. The Kier molecular flexibility index (Phi) is 10.8. The zero-order valence-electron chi connectivity index (χ0n) is 10.7. The van der Waals surface area contributed by atoms with Crippen LogP contribution in [0.1, 0.15) is 12.5 Å². The van der Waals surface area contributed by atoms with Gasteiger partial charge in [0.1, 0.15) is 5.75 Å². The lowest BCUT2D eigenvalue weighted by molar-refractivity contribution is 0.0937. The molecule has 0 saturated heterocycles. The number of para-hydroxylation sites is 1. The highest BCUT2D eigenvalue weighted by Gasteiger charge is 2.00. The van der Waals surface area contributed by atoms with E-state index in [1.165, 1.54) is 0 Å². The summed E-state index contributed by atoms with van der Waals surface area (Å²) >= 11 is 0. The summed E-state index contributed by atoms with van der Waals surface area (Å²) in [5.41, 5.74) is 1.15. The molecule has 0 aliphatic rings. The van der Waals surface area contributed by atoms with Gasteiger partial charge in [-0.2, -0.15) is 0 Å². The summed E-state index contributed by atoms with van der Waals surface area (Å²) in [6.07, 6.45) is 0. The summed E-state index contributed by atoms with van der Waals surface area (Å²) in [7, 11) is 0. The molecular formula is C13H22ClNO3. The van der Waals surface area contributed by atoms with Gasteiger partial charge in [-0.05, 0) is 13.0 Å². The first-order valence-electron chi connectivity index (χ1n) is 5.98. The number of halogens is 1. The highest BCUT2D eigenvalue weighted by atomic mass is 35.5. The highest BCUT2D eigenvalue weighted by Crippen LogP contribution is 2.17. The molecule has 1 aromatic carbocycles. The van der Waals surface area contributed by atoms with Crippen molar-refractivity contribution in [3.63, 3.8) is 0 Å². The van der Waals surface area contributed by atoms with Crippen molar-refractivity contribution >= 4 is 12.4 Å². The number of ether oxygens (including phenoxy) is 2. The van der Waals surface area contributed by atoms with Gasteiger partial charge in [0.25, 0.3) is 0 Å². The minimum atomic E-state index is 0. The van der Waals surface area contributed by atoms with E-state index in [2.05, 4.69) is 5.32 Å². The molecule has 4 nitrogen and oxygen atoms in total. The maximum absolute atomic E-state index is 8.53. The zero-order chi connectivity index (χ0) is 12.3. The third-order valence-electron chi connectivity index (χ3n) is 2.25. The summed E-state index contributed by atoms with van der Waals surface area (Å²) in [6.45, 7) is 5.27. The molecule has 2 N–H and O–H groups in total. The van der Waals surface area contributed by atoms with Crippen LogP contribution in [0.25, 0.3) is 0 Å². The Labute approximate surface area is 115 Å². The van der Waals surface area contributed by atoms with Crippen LogP contribution in [0.2, 0.25) is 0 Å². The average molecular weight is 276 g/mol. The molecule has 0 saturated carbocycles. The first kappa shape index (κ1) is 17.2. The maximum atomic E-state index is 8.53. The van der Waals surface area contributed by atoms with Gasteiger partial charge in [0.05, 0.1) is 26.4 Å². The van der Waals surface area contributed by atoms with Crippen molar-refractivity contribution in [2.75, 3.05) is 33.0 Å². The van der Waals surface area contributed by atoms with Crippen LogP contribution in [-0.2, 0) is 11.3 Å². The fraction of sp³-hybridized carbons (Fsp3) is 0.538. The Morgan fingerprint density at radius 1 is 1.22 bits per heavy atom. The van der Waals surface area contributed by atoms with E-state index in [1.54, 1.807) is 0 Å². The largest absolute Gasteiger partial charge is 0.494 e. The smallest absolute Gasteiger partial charge is 0.123 e. The predicted molar refractivity (Wildman–Crippen MR) is 74.5 cm³/mol. The van der Waals surface area contributed by atoms with Crippen LogP contribution in [-0.4, -0.2) is 38.1 Å². The van der Waals surface area contributed by atoms with Crippen LogP contribution in [0.3, 0.4) is 0 Å². The standard InChI is InChI=1S/C13H21NO3.ClH/c1-2-17-13-6-4-3-5-12(13)11-14-7-9-16-10-8-15;/h3-6,14-15H,2,7-11H2,1H3;1H. The third kappa shape index (κ3) is 6.81. The molecule has 0 aliphatic carbocycles. The van der Waals surface area contributed by atoms with E-state index >= 15 is 0 Å². The average Bonchev–Trinajstić information content (AvgIpc) is 2.36. The van der Waals surface area contributed by atoms with E-state index in [-0.39, 0.29) is 19.0 Å². The Morgan fingerprint density at radius 2 is 2.00 bits per heavy atom. The van der Waals surface area contributed by atoms with Crippen LogP contribution in [0.4, 0.5) is 0 Å². The summed E-state index contributed by atoms with van der Waals surface area (Å²) in [6, 6.07) is 8.00. The van der Waals surface area contributed by atoms with Crippen LogP contribution in [0.5, 0.6) is 5.75 Å². The van der Waals surface area contributed by atoms with Crippen LogP contribution in [0, 0.1) is 0 Å². The quantitative estimate of drug-likeness (QED) is 0.672. The lowest BCUT2D eigenvalue weighted by Gasteiger charge is -2.10. The minimum Gasteiger partial charge on any atom is -0.494 e. The van der Waals surface area contributed by atoms with Gasteiger partial charge in [0.15, 0.2) is 0 Å². The number of nitrogens with one attached hydrogen (secondary N) is 1. The number of aliphatic hydroxyl groups is 1. The SMILES string of the molecule is CCOc1ccccc1CNCCOCCO.Cl. The molecule has 0 radical (unpaired) electrons. The number of hydrogen-bond donors (Lipinski definition) is 2. The molecule has 1 rings (SSSR count). The van der Waals surface area contributed by atoms with Gasteiger partial charge < -0.3 is 19.9 Å².